The second kappa shape index (κ2) is 5.93. The third-order valence-electron chi connectivity index (χ3n) is 2.61. The summed E-state index contributed by atoms with van der Waals surface area (Å²) in [4.78, 5) is 23.8. The van der Waals surface area contributed by atoms with Gasteiger partial charge in [-0.1, -0.05) is 15.9 Å². The maximum absolute atomic E-state index is 12.1. The molecule has 21 heavy (non-hydrogen) atoms. The van der Waals surface area contributed by atoms with Gasteiger partial charge in [0, 0.05) is 4.47 Å². The van der Waals surface area contributed by atoms with E-state index in [2.05, 4.69) is 26.6 Å². The zero-order chi connectivity index (χ0) is 15.6. The number of hydrogen-bond acceptors (Lipinski definition) is 4. The summed E-state index contributed by atoms with van der Waals surface area (Å²) in [5.41, 5.74) is -0.0668. The largest absolute Gasteiger partial charge is 0.489 e. The number of carbonyl (C=O) groups excluding carboxylic acids is 2. The van der Waals surface area contributed by atoms with Crippen molar-refractivity contribution in [3.05, 3.63) is 22.7 Å². The first-order valence-corrected chi connectivity index (χ1v) is 7.26. The normalized spacial score (nSPS) is 17.9. The second-order valence-electron chi connectivity index (χ2n) is 5.64. The summed E-state index contributed by atoms with van der Waals surface area (Å²) in [6.45, 7) is 5.30. The standard InChI is InChI=1S/C14H17BrN2O4/c1-14(2,3)21-13(19)17-10-7-20-11-5-4-8(15)6-9(11)16-12(10)18/h4-6,10H,7H2,1-3H3,(H,16,18)(H,17,19)/t10-/m1/s1. The van der Waals surface area contributed by atoms with E-state index < -0.39 is 17.7 Å². The van der Waals surface area contributed by atoms with Crippen LogP contribution in [0.2, 0.25) is 0 Å². The fourth-order valence-electron chi connectivity index (χ4n) is 1.75. The van der Waals surface area contributed by atoms with Crippen molar-refractivity contribution in [3.63, 3.8) is 0 Å². The Bertz CT molecular complexity index is 569. The molecule has 1 heterocycles. The smallest absolute Gasteiger partial charge is 0.408 e. The van der Waals surface area contributed by atoms with E-state index in [0.717, 1.165) is 4.47 Å². The van der Waals surface area contributed by atoms with Crippen LogP contribution in [-0.2, 0) is 9.53 Å². The van der Waals surface area contributed by atoms with Gasteiger partial charge in [0.25, 0.3) is 5.91 Å². The Morgan fingerprint density at radius 3 is 2.86 bits per heavy atom. The molecule has 7 heteroatoms. The van der Waals surface area contributed by atoms with E-state index in [9.17, 15) is 9.59 Å². The fourth-order valence-corrected chi connectivity index (χ4v) is 2.11. The summed E-state index contributed by atoms with van der Waals surface area (Å²) < 4.78 is 11.5. The molecule has 1 aliphatic heterocycles. The number of hydrogen-bond donors (Lipinski definition) is 2. The molecule has 0 fully saturated rings. The molecule has 2 amide bonds. The first kappa shape index (κ1) is 15.6. The fraction of sp³-hybridized carbons (Fsp3) is 0.429. The minimum absolute atomic E-state index is 0.0414. The summed E-state index contributed by atoms with van der Waals surface area (Å²) in [6.07, 6.45) is -0.654. The molecule has 1 aromatic rings. The lowest BCUT2D eigenvalue weighted by Crippen LogP contribution is -2.48. The lowest BCUT2D eigenvalue weighted by molar-refractivity contribution is -0.118. The highest BCUT2D eigenvalue weighted by Crippen LogP contribution is 2.30. The third kappa shape index (κ3) is 4.35. The lowest BCUT2D eigenvalue weighted by Gasteiger charge is -2.22. The van der Waals surface area contributed by atoms with Crippen molar-refractivity contribution >= 4 is 33.6 Å². The van der Waals surface area contributed by atoms with Crippen molar-refractivity contribution in [1.82, 2.24) is 5.32 Å². The number of fused-ring (bicyclic) bond motifs is 1. The SMILES string of the molecule is CC(C)(C)OC(=O)N[C@@H]1COc2ccc(Br)cc2NC1=O. The van der Waals surface area contributed by atoms with E-state index in [1.165, 1.54) is 0 Å². The average Bonchev–Trinajstić information content (AvgIpc) is 2.47. The maximum Gasteiger partial charge on any atom is 0.408 e. The Morgan fingerprint density at radius 2 is 2.19 bits per heavy atom. The first-order valence-electron chi connectivity index (χ1n) is 6.47. The van der Waals surface area contributed by atoms with Gasteiger partial charge in [0.05, 0.1) is 5.69 Å². The highest BCUT2D eigenvalue weighted by atomic mass is 79.9. The van der Waals surface area contributed by atoms with Gasteiger partial charge in [-0.2, -0.15) is 0 Å². The van der Waals surface area contributed by atoms with E-state index in [0.29, 0.717) is 11.4 Å². The molecule has 0 radical (unpaired) electrons. The summed E-state index contributed by atoms with van der Waals surface area (Å²) in [5, 5.41) is 5.22. The zero-order valence-corrected chi connectivity index (χ0v) is 13.6. The average molecular weight is 357 g/mol. The minimum atomic E-state index is -0.814. The van der Waals surface area contributed by atoms with Crippen LogP contribution in [0.15, 0.2) is 22.7 Å². The highest BCUT2D eigenvalue weighted by molar-refractivity contribution is 9.10. The van der Waals surface area contributed by atoms with Crippen LogP contribution in [0.3, 0.4) is 0 Å². The van der Waals surface area contributed by atoms with Crippen LogP contribution in [0.1, 0.15) is 20.8 Å². The topological polar surface area (TPSA) is 76.7 Å². The van der Waals surface area contributed by atoms with Gasteiger partial charge in [0.2, 0.25) is 0 Å². The van der Waals surface area contributed by atoms with E-state index in [-0.39, 0.29) is 12.5 Å². The number of amides is 2. The van der Waals surface area contributed by atoms with Crippen molar-refractivity contribution in [2.45, 2.75) is 32.4 Å². The van der Waals surface area contributed by atoms with Crippen molar-refractivity contribution < 1.29 is 19.1 Å². The van der Waals surface area contributed by atoms with E-state index in [1.807, 2.05) is 6.07 Å². The van der Waals surface area contributed by atoms with Gasteiger partial charge in [-0.25, -0.2) is 4.79 Å². The maximum atomic E-state index is 12.1. The molecule has 1 aliphatic rings. The zero-order valence-electron chi connectivity index (χ0n) is 12.0. The van der Waals surface area contributed by atoms with Gasteiger partial charge in [0.1, 0.15) is 24.0 Å². The second-order valence-corrected chi connectivity index (χ2v) is 6.56. The Kier molecular flexibility index (Phi) is 4.41. The van der Waals surface area contributed by atoms with E-state index >= 15 is 0 Å². The molecule has 2 rings (SSSR count). The highest BCUT2D eigenvalue weighted by Gasteiger charge is 2.28. The summed E-state index contributed by atoms with van der Waals surface area (Å²) in [7, 11) is 0. The van der Waals surface area contributed by atoms with Crippen molar-refractivity contribution in [2.75, 3.05) is 11.9 Å². The van der Waals surface area contributed by atoms with Gasteiger partial charge in [-0.15, -0.1) is 0 Å². The molecule has 0 aliphatic carbocycles. The first-order chi connectivity index (χ1) is 9.74. The molecule has 114 valence electrons. The van der Waals surface area contributed by atoms with E-state index in [1.54, 1.807) is 32.9 Å². The molecule has 0 saturated heterocycles. The Balaban J connectivity index is 2.05. The molecule has 0 aromatic heterocycles. The molecular formula is C14H17BrN2O4. The number of alkyl carbamates (subject to hydrolysis) is 1. The molecule has 2 N–H and O–H groups in total. The Morgan fingerprint density at radius 1 is 1.48 bits per heavy atom. The summed E-state index contributed by atoms with van der Waals surface area (Å²) in [6, 6.07) is 4.48. The molecule has 6 nitrogen and oxygen atoms in total. The Hall–Kier alpha value is -1.76. The predicted molar refractivity (Wildman–Crippen MR) is 81.4 cm³/mol. The van der Waals surface area contributed by atoms with Gasteiger partial charge in [-0.05, 0) is 39.0 Å². The van der Waals surface area contributed by atoms with Crippen molar-refractivity contribution in [2.24, 2.45) is 0 Å². The van der Waals surface area contributed by atoms with E-state index in [4.69, 9.17) is 9.47 Å². The minimum Gasteiger partial charge on any atom is -0.489 e. The monoisotopic (exact) mass is 356 g/mol. The number of nitrogens with one attached hydrogen (secondary N) is 2. The van der Waals surface area contributed by atoms with Crippen molar-refractivity contribution in [3.8, 4) is 5.75 Å². The molecular weight excluding hydrogens is 340 g/mol. The number of halogens is 1. The van der Waals surface area contributed by atoms with Gasteiger partial charge >= 0.3 is 6.09 Å². The third-order valence-corrected chi connectivity index (χ3v) is 3.11. The molecule has 1 atom stereocenters. The van der Waals surface area contributed by atoms with Crippen LogP contribution >= 0.6 is 15.9 Å². The molecule has 0 unspecified atom stereocenters. The Labute approximate surface area is 131 Å². The number of rotatable bonds is 1. The molecule has 1 aromatic carbocycles. The van der Waals surface area contributed by atoms with Crippen molar-refractivity contribution in [1.29, 1.82) is 0 Å². The molecule has 0 saturated carbocycles. The number of carbonyl (C=O) groups is 2. The molecule has 0 spiro atoms. The van der Waals surface area contributed by atoms with Crippen LogP contribution in [0, 0.1) is 0 Å². The van der Waals surface area contributed by atoms with Crippen LogP contribution in [0.4, 0.5) is 10.5 Å². The van der Waals surface area contributed by atoms with Crippen LogP contribution in [0.5, 0.6) is 5.75 Å². The number of ether oxygens (including phenoxy) is 2. The van der Waals surface area contributed by atoms with Gasteiger partial charge in [0.15, 0.2) is 0 Å². The molecule has 0 bridgehead atoms. The predicted octanol–water partition coefficient (Wildman–Crippen LogP) is 2.67. The van der Waals surface area contributed by atoms with Gasteiger partial charge < -0.3 is 20.1 Å². The quantitative estimate of drug-likeness (QED) is 0.810. The van der Waals surface area contributed by atoms with Crippen LogP contribution in [0.25, 0.3) is 0 Å². The van der Waals surface area contributed by atoms with Gasteiger partial charge in [-0.3, -0.25) is 4.79 Å². The lowest BCUT2D eigenvalue weighted by atomic mass is 10.2. The number of anilines is 1. The summed E-state index contributed by atoms with van der Waals surface area (Å²) in [5.74, 6) is 0.206. The van der Waals surface area contributed by atoms with Crippen LogP contribution in [-0.4, -0.2) is 30.3 Å². The van der Waals surface area contributed by atoms with Crippen LogP contribution < -0.4 is 15.4 Å². The summed E-state index contributed by atoms with van der Waals surface area (Å²) >= 11 is 3.33. The number of benzene rings is 1.